The molecule has 0 radical (unpaired) electrons. The molecular weight excluding hydrogens is 288 g/mol. The van der Waals surface area contributed by atoms with Crippen LogP contribution in [0.3, 0.4) is 0 Å². The molecule has 1 heterocycles. The van der Waals surface area contributed by atoms with Gasteiger partial charge in [-0.15, -0.1) is 11.3 Å². The summed E-state index contributed by atoms with van der Waals surface area (Å²) in [7, 11) is 1.65. The lowest BCUT2D eigenvalue weighted by molar-refractivity contribution is 0.415. The monoisotopic (exact) mass is 306 g/mol. The minimum Gasteiger partial charge on any atom is -0.497 e. The largest absolute Gasteiger partial charge is 0.497 e. The van der Waals surface area contributed by atoms with Crippen LogP contribution in [-0.2, 0) is 13.0 Å². The molecule has 0 atom stereocenters. The van der Waals surface area contributed by atoms with E-state index in [1.807, 2.05) is 18.2 Å². The highest BCUT2D eigenvalue weighted by Gasteiger charge is 2.08. The zero-order valence-corrected chi connectivity index (χ0v) is 13.2. The Morgan fingerprint density at radius 1 is 1.40 bits per heavy atom. The Bertz CT molecular complexity index is 608. The Balaban J connectivity index is 2.21. The fraction of sp³-hybridized carbons (Fsp3) is 0.267. The maximum Gasteiger partial charge on any atom is 0.120 e. The van der Waals surface area contributed by atoms with E-state index in [0.29, 0.717) is 4.99 Å². The molecule has 0 aliphatic carbocycles. The molecule has 3 nitrogen and oxygen atoms in total. The number of thiocarbonyl (C=S) groups is 1. The summed E-state index contributed by atoms with van der Waals surface area (Å²) in [6, 6.07) is 7.84. The molecule has 20 heavy (non-hydrogen) atoms. The van der Waals surface area contributed by atoms with Crippen molar-refractivity contribution in [1.29, 1.82) is 0 Å². The Labute approximate surface area is 128 Å². The number of hydrogen-bond acceptors (Lipinski definition) is 4. The third kappa shape index (κ3) is 3.29. The maximum atomic E-state index is 5.76. The first kappa shape index (κ1) is 14.8. The van der Waals surface area contributed by atoms with Gasteiger partial charge in [-0.25, -0.2) is 0 Å². The number of hydrogen-bond donors (Lipinski definition) is 2. The zero-order valence-electron chi connectivity index (χ0n) is 11.6. The minimum absolute atomic E-state index is 0.386. The second kappa shape index (κ2) is 6.72. The third-order valence-corrected chi connectivity index (χ3v) is 4.33. The molecule has 0 aliphatic rings. The molecular formula is C15H18N2OS2. The number of methoxy groups -OCH3 is 1. The van der Waals surface area contributed by atoms with E-state index < -0.39 is 0 Å². The summed E-state index contributed by atoms with van der Waals surface area (Å²) in [4.78, 5) is 1.72. The molecule has 1 aromatic carbocycles. The van der Waals surface area contributed by atoms with E-state index in [0.717, 1.165) is 30.0 Å². The first-order chi connectivity index (χ1) is 9.65. The maximum absolute atomic E-state index is 5.76. The average Bonchev–Trinajstić information content (AvgIpc) is 2.91. The summed E-state index contributed by atoms with van der Waals surface area (Å²) in [6.45, 7) is 2.93. The van der Waals surface area contributed by atoms with E-state index >= 15 is 0 Å². The van der Waals surface area contributed by atoms with Gasteiger partial charge in [-0.1, -0.05) is 19.1 Å². The Morgan fingerprint density at radius 3 is 2.85 bits per heavy atom. The number of nitrogens with one attached hydrogen (secondary N) is 1. The molecule has 0 unspecified atom stereocenters. The molecule has 106 valence electrons. The van der Waals surface area contributed by atoms with Crippen LogP contribution in [0, 0.1) is 0 Å². The molecule has 0 bridgehead atoms. The molecule has 2 aromatic rings. The fourth-order valence-electron chi connectivity index (χ4n) is 2.02. The van der Waals surface area contributed by atoms with Gasteiger partial charge in [-0.3, -0.25) is 0 Å². The van der Waals surface area contributed by atoms with Gasteiger partial charge in [0.2, 0.25) is 0 Å². The van der Waals surface area contributed by atoms with Crippen molar-refractivity contribution in [2.75, 3.05) is 12.4 Å². The molecule has 0 fully saturated rings. The molecule has 0 saturated carbocycles. The minimum atomic E-state index is 0.386. The topological polar surface area (TPSA) is 47.3 Å². The van der Waals surface area contributed by atoms with E-state index in [1.54, 1.807) is 18.4 Å². The van der Waals surface area contributed by atoms with Crippen LogP contribution in [0.5, 0.6) is 5.75 Å². The molecule has 0 spiro atoms. The summed E-state index contributed by atoms with van der Waals surface area (Å²) in [6.07, 6.45) is 1.04. The van der Waals surface area contributed by atoms with Crippen LogP contribution >= 0.6 is 23.6 Å². The van der Waals surface area contributed by atoms with Crippen molar-refractivity contribution >= 4 is 34.2 Å². The number of anilines is 1. The van der Waals surface area contributed by atoms with E-state index in [1.165, 1.54) is 10.4 Å². The first-order valence-electron chi connectivity index (χ1n) is 6.42. The summed E-state index contributed by atoms with van der Waals surface area (Å²) >= 11 is 6.85. The molecule has 1 aromatic heterocycles. The molecule has 3 N–H and O–H groups in total. The van der Waals surface area contributed by atoms with Gasteiger partial charge in [0.25, 0.3) is 0 Å². The Morgan fingerprint density at radius 2 is 2.20 bits per heavy atom. The highest BCUT2D eigenvalue weighted by Crippen LogP contribution is 2.25. The van der Waals surface area contributed by atoms with E-state index in [2.05, 4.69) is 23.7 Å². The second-order valence-corrected chi connectivity index (χ2v) is 5.79. The van der Waals surface area contributed by atoms with Gasteiger partial charge in [0.05, 0.1) is 7.11 Å². The van der Waals surface area contributed by atoms with Crippen molar-refractivity contribution in [1.82, 2.24) is 0 Å². The first-order valence-corrected chi connectivity index (χ1v) is 7.71. The van der Waals surface area contributed by atoms with Crippen molar-refractivity contribution in [2.24, 2.45) is 5.73 Å². The number of ether oxygens (including phenoxy) is 1. The van der Waals surface area contributed by atoms with Crippen molar-refractivity contribution < 1.29 is 4.74 Å². The smallest absolute Gasteiger partial charge is 0.120 e. The third-order valence-electron chi connectivity index (χ3n) is 3.15. The van der Waals surface area contributed by atoms with Gasteiger partial charge in [0.15, 0.2) is 0 Å². The van der Waals surface area contributed by atoms with Crippen LogP contribution in [0.4, 0.5) is 5.69 Å². The van der Waals surface area contributed by atoms with Crippen LogP contribution in [0.1, 0.15) is 22.9 Å². The number of aryl methyl sites for hydroxylation is 1. The quantitative estimate of drug-likeness (QED) is 0.801. The van der Waals surface area contributed by atoms with E-state index in [4.69, 9.17) is 22.7 Å². The SMILES string of the molecule is CCc1ccsc1CNc1cc(OC)ccc1C(N)=S. The highest BCUT2D eigenvalue weighted by atomic mass is 32.1. The van der Waals surface area contributed by atoms with Gasteiger partial charge in [0.1, 0.15) is 10.7 Å². The molecule has 0 saturated heterocycles. The number of nitrogens with two attached hydrogens (primary N) is 1. The van der Waals surface area contributed by atoms with Crippen molar-refractivity contribution in [3.8, 4) is 5.75 Å². The summed E-state index contributed by atoms with van der Waals surface area (Å²) in [5.41, 5.74) is 8.89. The summed E-state index contributed by atoms with van der Waals surface area (Å²) in [5, 5.41) is 5.53. The lowest BCUT2D eigenvalue weighted by atomic mass is 10.1. The van der Waals surface area contributed by atoms with Crippen molar-refractivity contribution in [2.45, 2.75) is 19.9 Å². The normalized spacial score (nSPS) is 10.3. The van der Waals surface area contributed by atoms with Gasteiger partial charge >= 0.3 is 0 Å². The molecule has 0 amide bonds. The lowest BCUT2D eigenvalue weighted by Crippen LogP contribution is -2.13. The highest BCUT2D eigenvalue weighted by molar-refractivity contribution is 7.80. The summed E-state index contributed by atoms with van der Waals surface area (Å²) in [5.74, 6) is 0.786. The Hall–Kier alpha value is -1.59. The number of rotatable bonds is 6. The second-order valence-electron chi connectivity index (χ2n) is 4.35. The Kier molecular flexibility index (Phi) is 4.98. The summed E-state index contributed by atoms with van der Waals surface area (Å²) < 4.78 is 5.25. The van der Waals surface area contributed by atoms with E-state index in [-0.39, 0.29) is 0 Å². The number of benzene rings is 1. The van der Waals surface area contributed by atoms with Crippen LogP contribution < -0.4 is 15.8 Å². The van der Waals surface area contributed by atoms with Gasteiger partial charge in [0, 0.05) is 28.7 Å². The van der Waals surface area contributed by atoms with Gasteiger partial charge < -0.3 is 15.8 Å². The molecule has 0 aliphatic heterocycles. The average molecular weight is 306 g/mol. The molecule has 5 heteroatoms. The van der Waals surface area contributed by atoms with Crippen molar-refractivity contribution in [3.05, 3.63) is 45.6 Å². The zero-order chi connectivity index (χ0) is 14.5. The molecule has 2 rings (SSSR count). The van der Waals surface area contributed by atoms with Crippen molar-refractivity contribution in [3.63, 3.8) is 0 Å². The van der Waals surface area contributed by atoms with Crippen LogP contribution in [-0.4, -0.2) is 12.1 Å². The van der Waals surface area contributed by atoms with Gasteiger partial charge in [-0.2, -0.15) is 0 Å². The van der Waals surface area contributed by atoms with Gasteiger partial charge in [-0.05, 0) is 35.6 Å². The van der Waals surface area contributed by atoms with Crippen LogP contribution in [0.2, 0.25) is 0 Å². The fourth-order valence-corrected chi connectivity index (χ4v) is 3.12. The standard InChI is InChI=1S/C15H18N2OS2/c1-3-10-6-7-20-14(10)9-17-13-8-11(18-2)4-5-12(13)15(16)19/h4-8,17H,3,9H2,1-2H3,(H2,16,19). The lowest BCUT2D eigenvalue weighted by Gasteiger charge is -2.13. The predicted molar refractivity (Wildman–Crippen MR) is 89.9 cm³/mol. The predicted octanol–water partition coefficient (Wildman–Crippen LogP) is 3.57. The van der Waals surface area contributed by atoms with Crippen LogP contribution in [0.25, 0.3) is 0 Å². The van der Waals surface area contributed by atoms with Crippen LogP contribution in [0.15, 0.2) is 29.6 Å². The number of thiophene rings is 1. The van der Waals surface area contributed by atoms with E-state index in [9.17, 15) is 0 Å².